The first-order valence-electron chi connectivity index (χ1n) is 14.7. The zero-order valence-corrected chi connectivity index (χ0v) is 24.8. The van der Waals surface area contributed by atoms with Crippen LogP contribution in [0.25, 0.3) is 5.57 Å². The number of fused-ring (bicyclic) bond motifs is 1. The van der Waals surface area contributed by atoms with Crippen molar-refractivity contribution in [2.75, 3.05) is 44.7 Å². The number of allylic oxidation sites excluding steroid dienone is 3. The minimum atomic E-state index is 0.463. The van der Waals surface area contributed by atoms with Gasteiger partial charge in [-0.15, -0.1) is 0 Å². The quantitative estimate of drug-likeness (QED) is 0.421. The van der Waals surface area contributed by atoms with Gasteiger partial charge in [-0.25, -0.2) is 0 Å². The third-order valence-corrected chi connectivity index (χ3v) is 9.47. The molecular formula is C34H48N4. The van der Waals surface area contributed by atoms with Gasteiger partial charge >= 0.3 is 0 Å². The van der Waals surface area contributed by atoms with Crippen molar-refractivity contribution in [2.45, 2.75) is 73.4 Å². The summed E-state index contributed by atoms with van der Waals surface area (Å²) in [6.07, 6.45) is 5.70. The maximum absolute atomic E-state index is 3.62. The minimum Gasteiger partial charge on any atom is -0.393 e. The second-order valence-electron chi connectivity index (χ2n) is 12.3. The van der Waals surface area contributed by atoms with E-state index in [-0.39, 0.29) is 0 Å². The Bertz CT molecular complexity index is 1240. The van der Waals surface area contributed by atoms with Crippen molar-refractivity contribution in [1.82, 2.24) is 15.5 Å². The molecule has 0 saturated carbocycles. The summed E-state index contributed by atoms with van der Waals surface area (Å²) in [4.78, 5) is 5.40. The van der Waals surface area contributed by atoms with Crippen LogP contribution in [-0.2, 0) is 19.4 Å². The Balaban J connectivity index is 1.29. The fourth-order valence-electron chi connectivity index (χ4n) is 7.08. The minimum absolute atomic E-state index is 0.463. The molecular weight excluding hydrogens is 464 g/mol. The molecule has 204 valence electrons. The highest BCUT2D eigenvalue weighted by Crippen LogP contribution is 2.44. The van der Waals surface area contributed by atoms with Gasteiger partial charge in [0.2, 0.25) is 0 Å². The second-order valence-corrected chi connectivity index (χ2v) is 12.3. The fraction of sp³-hybridized carbons (Fsp3) is 0.529. The molecule has 0 bridgehead atoms. The van der Waals surface area contributed by atoms with E-state index in [4.69, 9.17) is 0 Å². The Morgan fingerprint density at radius 2 is 1.95 bits per heavy atom. The Labute approximate surface area is 231 Å². The molecule has 0 aliphatic carbocycles. The van der Waals surface area contributed by atoms with E-state index in [0.717, 1.165) is 25.9 Å². The molecule has 1 spiro atoms. The highest BCUT2D eigenvalue weighted by molar-refractivity contribution is 5.80. The van der Waals surface area contributed by atoms with Crippen LogP contribution < -0.4 is 15.5 Å². The summed E-state index contributed by atoms with van der Waals surface area (Å²) in [7, 11) is 2.00. The van der Waals surface area contributed by atoms with Crippen molar-refractivity contribution in [3.8, 4) is 0 Å². The van der Waals surface area contributed by atoms with E-state index >= 15 is 0 Å². The van der Waals surface area contributed by atoms with E-state index in [0.29, 0.717) is 11.5 Å². The molecule has 0 amide bonds. The van der Waals surface area contributed by atoms with E-state index in [1.807, 2.05) is 7.05 Å². The lowest BCUT2D eigenvalue weighted by Gasteiger charge is -2.50. The molecule has 4 nitrogen and oxygen atoms in total. The Morgan fingerprint density at radius 3 is 2.66 bits per heavy atom. The summed E-state index contributed by atoms with van der Waals surface area (Å²) in [5, 5.41) is 6.90. The topological polar surface area (TPSA) is 30.5 Å². The van der Waals surface area contributed by atoms with Gasteiger partial charge in [-0.2, -0.15) is 0 Å². The molecule has 1 atom stereocenters. The Hall–Kier alpha value is -2.56. The standard InChI is InChI=1S/C34H48N4/c1-8-27-17-28(31(18-35-7)25(5)23(2)3)16-24(4)32(27)19-37-15-13-34(20-37)21-38(22-34)33-11-9-10-29-26(6)36-14-12-30(29)33/h9-11,16-18,26,35-36H,8,12-15,19-22H2,1-7H3/b31-18+. The van der Waals surface area contributed by atoms with E-state index in [9.17, 15) is 0 Å². The maximum Gasteiger partial charge on any atom is 0.0403 e. The van der Waals surface area contributed by atoms with Gasteiger partial charge in [0.05, 0.1) is 0 Å². The van der Waals surface area contributed by atoms with E-state index < -0.39 is 0 Å². The van der Waals surface area contributed by atoms with Gasteiger partial charge in [0.15, 0.2) is 0 Å². The van der Waals surface area contributed by atoms with Gasteiger partial charge in [0, 0.05) is 62.1 Å². The number of likely N-dealkylation sites (tertiary alicyclic amines) is 1. The van der Waals surface area contributed by atoms with Gasteiger partial charge < -0.3 is 15.5 Å². The lowest BCUT2D eigenvalue weighted by molar-refractivity contribution is 0.201. The van der Waals surface area contributed by atoms with E-state index in [1.54, 1.807) is 11.1 Å². The zero-order valence-electron chi connectivity index (χ0n) is 24.8. The SMILES string of the molecule is CCc1cc(/C(=C/NC)C(C)=C(C)C)cc(C)c1CN1CCC2(C1)CN(c1cccc3c1CCNC3C)C2. The average Bonchev–Trinajstić information content (AvgIpc) is 3.31. The molecule has 4 heteroatoms. The van der Waals surface area contributed by atoms with Crippen LogP contribution in [0.5, 0.6) is 0 Å². The number of benzene rings is 2. The average molecular weight is 513 g/mol. The molecule has 2 saturated heterocycles. The van der Waals surface area contributed by atoms with Crippen LogP contribution in [0.2, 0.25) is 0 Å². The molecule has 3 aliphatic heterocycles. The van der Waals surface area contributed by atoms with Crippen LogP contribution >= 0.6 is 0 Å². The molecule has 0 aromatic heterocycles. The summed E-state index contributed by atoms with van der Waals surface area (Å²) < 4.78 is 0. The van der Waals surface area contributed by atoms with Gasteiger partial charge in [-0.3, -0.25) is 4.90 Å². The van der Waals surface area contributed by atoms with Gasteiger partial charge in [0.1, 0.15) is 0 Å². The summed E-state index contributed by atoms with van der Waals surface area (Å²) >= 11 is 0. The lowest BCUT2D eigenvalue weighted by atomic mass is 9.78. The van der Waals surface area contributed by atoms with Crippen molar-refractivity contribution in [3.63, 3.8) is 0 Å². The van der Waals surface area contributed by atoms with E-state index in [2.05, 4.69) is 98.5 Å². The molecule has 1 unspecified atom stereocenters. The van der Waals surface area contributed by atoms with Crippen molar-refractivity contribution < 1.29 is 0 Å². The molecule has 2 fully saturated rings. The van der Waals surface area contributed by atoms with Gasteiger partial charge in [-0.1, -0.05) is 36.8 Å². The summed E-state index contributed by atoms with van der Waals surface area (Å²) in [6, 6.07) is 12.3. The number of nitrogens with one attached hydrogen (secondary N) is 2. The van der Waals surface area contributed by atoms with Crippen molar-refractivity contribution in [1.29, 1.82) is 0 Å². The van der Waals surface area contributed by atoms with Crippen LogP contribution in [-0.4, -0.2) is 44.7 Å². The third-order valence-electron chi connectivity index (χ3n) is 9.47. The molecule has 2 aromatic carbocycles. The highest BCUT2D eigenvalue weighted by atomic mass is 15.3. The molecule has 2 N–H and O–H groups in total. The summed E-state index contributed by atoms with van der Waals surface area (Å²) in [6.45, 7) is 20.6. The highest BCUT2D eigenvalue weighted by Gasteiger charge is 2.48. The van der Waals surface area contributed by atoms with Crippen molar-refractivity contribution in [3.05, 3.63) is 81.1 Å². The number of nitrogens with zero attached hydrogens (tertiary/aromatic N) is 2. The second kappa shape index (κ2) is 10.9. The summed E-state index contributed by atoms with van der Waals surface area (Å²) in [5.74, 6) is 0. The van der Waals surface area contributed by atoms with Crippen LogP contribution in [0.15, 0.2) is 47.7 Å². The molecule has 2 aromatic rings. The third kappa shape index (κ3) is 5.05. The Morgan fingerprint density at radius 1 is 1.16 bits per heavy atom. The number of rotatable bonds is 7. The monoisotopic (exact) mass is 512 g/mol. The number of hydrogen-bond donors (Lipinski definition) is 2. The van der Waals surface area contributed by atoms with Crippen LogP contribution in [0.3, 0.4) is 0 Å². The number of anilines is 1. The smallest absolute Gasteiger partial charge is 0.0403 e. The first-order valence-corrected chi connectivity index (χ1v) is 14.7. The number of hydrogen-bond acceptors (Lipinski definition) is 4. The predicted molar refractivity (Wildman–Crippen MR) is 163 cm³/mol. The van der Waals surface area contributed by atoms with E-state index in [1.165, 1.54) is 77.3 Å². The zero-order chi connectivity index (χ0) is 27.0. The molecule has 3 heterocycles. The first kappa shape index (κ1) is 27.0. The maximum atomic E-state index is 3.62. The van der Waals surface area contributed by atoms with Crippen molar-refractivity contribution in [2.24, 2.45) is 5.41 Å². The van der Waals surface area contributed by atoms with Crippen LogP contribution in [0.1, 0.15) is 80.5 Å². The lowest BCUT2D eigenvalue weighted by Crippen LogP contribution is -2.58. The number of aryl methyl sites for hydroxylation is 2. The molecule has 3 aliphatic rings. The fourth-order valence-corrected chi connectivity index (χ4v) is 7.08. The molecule has 0 radical (unpaired) electrons. The first-order chi connectivity index (χ1) is 18.2. The van der Waals surface area contributed by atoms with Gasteiger partial charge in [-0.05, 0) is 112 Å². The van der Waals surface area contributed by atoms with Crippen LogP contribution in [0.4, 0.5) is 5.69 Å². The van der Waals surface area contributed by atoms with Crippen LogP contribution in [0, 0.1) is 12.3 Å². The largest absolute Gasteiger partial charge is 0.393 e. The normalized spacial score (nSPS) is 20.9. The van der Waals surface area contributed by atoms with Gasteiger partial charge in [0.25, 0.3) is 0 Å². The predicted octanol–water partition coefficient (Wildman–Crippen LogP) is 6.39. The molecule has 5 rings (SSSR count). The van der Waals surface area contributed by atoms with Crippen molar-refractivity contribution >= 4 is 11.3 Å². The summed E-state index contributed by atoms with van der Waals surface area (Å²) in [5.41, 5.74) is 14.9. The Kier molecular flexibility index (Phi) is 7.75. The molecule has 38 heavy (non-hydrogen) atoms.